The van der Waals surface area contributed by atoms with Crippen LogP contribution in [0.5, 0.6) is 0 Å². The summed E-state index contributed by atoms with van der Waals surface area (Å²) in [6.45, 7) is 3.84. The summed E-state index contributed by atoms with van der Waals surface area (Å²) >= 11 is 12.9. The van der Waals surface area contributed by atoms with Gasteiger partial charge in [0, 0.05) is 10.0 Å². The molecule has 0 spiro atoms. The lowest BCUT2D eigenvalue weighted by Gasteiger charge is -2.16. The summed E-state index contributed by atoms with van der Waals surface area (Å²) in [6, 6.07) is 10.6. The summed E-state index contributed by atoms with van der Waals surface area (Å²) in [7, 11) is 0. The third-order valence-electron chi connectivity index (χ3n) is 3.86. The van der Waals surface area contributed by atoms with Crippen molar-refractivity contribution in [1.29, 1.82) is 0 Å². The van der Waals surface area contributed by atoms with Gasteiger partial charge in [-0.25, -0.2) is 4.90 Å². The highest BCUT2D eigenvalue weighted by Crippen LogP contribution is 2.38. The van der Waals surface area contributed by atoms with Crippen molar-refractivity contribution in [2.75, 3.05) is 4.90 Å². The van der Waals surface area contributed by atoms with E-state index >= 15 is 0 Å². The van der Waals surface area contributed by atoms with Gasteiger partial charge in [-0.1, -0.05) is 41.4 Å². The molecule has 24 heavy (non-hydrogen) atoms. The molecule has 0 aliphatic carbocycles. The van der Waals surface area contributed by atoms with Crippen LogP contribution < -0.4 is 4.90 Å². The van der Waals surface area contributed by atoms with E-state index in [-0.39, 0.29) is 11.1 Å². The number of thioether (sulfide) groups is 1. The second-order valence-corrected chi connectivity index (χ2v) is 7.24. The number of rotatable bonds is 2. The minimum atomic E-state index is -0.343. The van der Waals surface area contributed by atoms with Gasteiger partial charge in [-0.3, -0.25) is 9.59 Å². The lowest BCUT2D eigenvalue weighted by molar-refractivity contribution is -0.113. The first-order valence-electron chi connectivity index (χ1n) is 7.17. The zero-order valence-corrected chi connectivity index (χ0v) is 15.3. The summed E-state index contributed by atoms with van der Waals surface area (Å²) in [5, 5.41) is 0.631. The molecule has 3 nitrogen and oxygen atoms in total. The highest BCUT2D eigenvalue weighted by atomic mass is 35.5. The van der Waals surface area contributed by atoms with Crippen LogP contribution in [0.1, 0.15) is 16.7 Å². The van der Waals surface area contributed by atoms with Gasteiger partial charge in [0.2, 0.25) is 0 Å². The summed E-state index contributed by atoms with van der Waals surface area (Å²) in [5.41, 5.74) is 3.19. The molecule has 0 N–H and O–H groups in total. The molecular formula is C18H13Cl2NO2S. The summed E-state index contributed by atoms with van der Waals surface area (Å²) in [4.78, 5) is 26.6. The van der Waals surface area contributed by atoms with Gasteiger partial charge < -0.3 is 0 Å². The molecule has 2 amide bonds. The summed E-state index contributed by atoms with van der Waals surface area (Å²) in [5.74, 6) is -0.343. The molecule has 1 aliphatic heterocycles. The van der Waals surface area contributed by atoms with E-state index in [2.05, 4.69) is 0 Å². The van der Waals surface area contributed by atoms with Gasteiger partial charge in [-0.15, -0.1) is 0 Å². The Labute approximate surface area is 154 Å². The lowest BCUT2D eigenvalue weighted by Crippen LogP contribution is -2.28. The molecule has 122 valence electrons. The smallest absolute Gasteiger partial charge is 0.268 e. The van der Waals surface area contributed by atoms with Crippen LogP contribution in [0.3, 0.4) is 0 Å². The quantitative estimate of drug-likeness (QED) is 0.615. The predicted octanol–water partition coefficient (Wildman–Crippen LogP) is 5.85. The van der Waals surface area contributed by atoms with Crippen molar-refractivity contribution in [3.05, 3.63) is 68.0 Å². The van der Waals surface area contributed by atoms with Gasteiger partial charge in [-0.05, 0) is 66.6 Å². The molecule has 2 aromatic rings. The molecule has 6 heteroatoms. The van der Waals surface area contributed by atoms with E-state index in [4.69, 9.17) is 23.2 Å². The van der Waals surface area contributed by atoms with Crippen molar-refractivity contribution in [3.63, 3.8) is 0 Å². The first kappa shape index (κ1) is 17.1. The van der Waals surface area contributed by atoms with Crippen LogP contribution in [0.2, 0.25) is 10.0 Å². The maximum atomic E-state index is 12.7. The van der Waals surface area contributed by atoms with Crippen LogP contribution >= 0.6 is 35.0 Å². The summed E-state index contributed by atoms with van der Waals surface area (Å²) in [6.07, 6.45) is 1.62. The number of carbonyl (C=O) groups is 2. The van der Waals surface area contributed by atoms with Crippen molar-refractivity contribution < 1.29 is 9.59 Å². The zero-order chi connectivity index (χ0) is 17.4. The Morgan fingerprint density at radius 1 is 1.08 bits per heavy atom. The van der Waals surface area contributed by atoms with Crippen molar-refractivity contribution in [2.45, 2.75) is 13.8 Å². The SMILES string of the molecule is Cc1cccc(N2C(=O)S/C(=C\c3ccc(Cl)cc3Cl)C2=O)c1C. The molecule has 1 fully saturated rings. The third kappa shape index (κ3) is 3.09. The number of halogens is 2. The Kier molecular flexibility index (Phi) is 4.72. The van der Waals surface area contributed by atoms with Gasteiger partial charge in [-0.2, -0.15) is 0 Å². The molecule has 2 aromatic carbocycles. The van der Waals surface area contributed by atoms with Crippen LogP contribution in [0.4, 0.5) is 10.5 Å². The van der Waals surface area contributed by atoms with E-state index < -0.39 is 0 Å². The number of anilines is 1. The van der Waals surface area contributed by atoms with Gasteiger partial charge in [0.15, 0.2) is 0 Å². The number of nitrogens with zero attached hydrogens (tertiary/aromatic N) is 1. The van der Waals surface area contributed by atoms with Gasteiger partial charge in [0.05, 0.1) is 10.6 Å². The standard InChI is InChI=1S/C18H13Cl2NO2S/c1-10-4-3-5-15(11(10)2)21-17(22)16(24-18(21)23)8-12-6-7-13(19)9-14(12)20/h3-9H,1-2H3/b16-8-. The molecule has 3 rings (SSSR count). The molecule has 1 aliphatic rings. The predicted molar refractivity (Wildman–Crippen MR) is 101 cm³/mol. The average Bonchev–Trinajstić information content (AvgIpc) is 2.80. The molecule has 1 saturated heterocycles. The number of benzene rings is 2. The van der Waals surface area contributed by atoms with Crippen LogP contribution in [0.15, 0.2) is 41.3 Å². The maximum absolute atomic E-state index is 12.7. The van der Waals surface area contributed by atoms with Crippen LogP contribution in [0, 0.1) is 13.8 Å². The number of hydrogen-bond acceptors (Lipinski definition) is 3. The summed E-state index contributed by atoms with van der Waals surface area (Å²) < 4.78 is 0. The monoisotopic (exact) mass is 377 g/mol. The Hall–Kier alpha value is -1.75. The number of carbonyl (C=O) groups excluding carboxylic acids is 2. The van der Waals surface area contributed by atoms with E-state index in [0.717, 1.165) is 22.9 Å². The third-order valence-corrected chi connectivity index (χ3v) is 5.29. The Morgan fingerprint density at radius 2 is 1.83 bits per heavy atom. The van der Waals surface area contributed by atoms with Crippen LogP contribution in [0.25, 0.3) is 6.08 Å². The molecule has 0 radical (unpaired) electrons. The highest BCUT2D eigenvalue weighted by Gasteiger charge is 2.37. The minimum Gasteiger partial charge on any atom is -0.268 e. The zero-order valence-electron chi connectivity index (χ0n) is 13.0. The van der Waals surface area contributed by atoms with Crippen LogP contribution in [-0.2, 0) is 4.79 Å². The fourth-order valence-electron chi connectivity index (χ4n) is 2.41. The van der Waals surface area contributed by atoms with E-state index in [1.165, 1.54) is 4.90 Å². The lowest BCUT2D eigenvalue weighted by atomic mass is 10.1. The van der Waals surface area contributed by atoms with E-state index in [9.17, 15) is 9.59 Å². The molecule has 0 saturated carbocycles. The van der Waals surface area contributed by atoms with Crippen molar-refractivity contribution in [3.8, 4) is 0 Å². The molecular weight excluding hydrogens is 365 g/mol. The van der Waals surface area contributed by atoms with Crippen molar-refractivity contribution in [1.82, 2.24) is 0 Å². The number of hydrogen-bond donors (Lipinski definition) is 0. The highest BCUT2D eigenvalue weighted by molar-refractivity contribution is 8.19. The second-order valence-electron chi connectivity index (χ2n) is 5.40. The molecule has 0 unspecified atom stereocenters. The fraction of sp³-hybridized carbons (Fsp3) is 0.111. The molecule has 0 bridgehead atoms. The molecule has 0 atom stereocenters. The molecule has 1 heterocycles. The van der Waals surface area contributed by atoms with E-state index in [0.29, 0.717) is 26.2 Å². The van der Waals surface area contributed by atoms with Crippen molar-refractivity contribution in [2.24, 2.45) is 0 Å². The van der Waals surface area contributed by atoms with Crippen molar-refractivity contribution >= 4 is 57.9 Å². The van der Waals surface area contributed by atoms with Gasteiger partial charge in [0.25, 0.3) is 11.1 Å². The average molecular weight is 378 g/mol. The topological polar surface area (TPSA) is 37.4 Å². The molecule has 0 aromatic heterocycles. The first-order chi connectivity index (χ1) is 11.4. The minimum absolute atomic E-state index is 0.315. The normalized spacial score (nSPS) is 16.3. The Balaban J connectivity index is 2.00. The number of imide groups is 1. The Morgan fingerprint density at radius 3 is 2.54 bits per heavy atom. The maximum Gasteiger partial charge on any atom is 0.298 e. The number of aryl methyl sites for hydroxylation is 1. The Bertz CT molecular complexity index is 893. The van der Waals surface area contributed by atoms with Crippen LogP contribution in [-0.4, -0.2) is 11.1 Å². The van der Waals surface area contributed by atoms with Gasteiger partial charge in [0.1, 0.15) is 0 Å². The largest absolute Gasteiger partial charge is 0.298 e. The van der Waals surface area contributed by atoms with E-state index in [1.807, 2.05) is 26.0 Å². The van der Waals surface area contributed by atoms with E-state index in [1.54, 1.807) is 30.3 Å². The van der Waals surface area contributed by atoms with Gasteiger partial charge >= 0.3 is 0 Å². The first-order valence-corrected chi connectivity index (χ1v) is 8.75. The second kappa shape index (κ2) is 6.63. The fourth-order valence-corrected chi connectivity index (χ4v) is 3.70. The number of amides is 2.